The molecule has 1 unspecified atom stereocenters. The van der Waals surface area contributed by atoms with Gasteiger partial charge in [0.2, 0.25) is 0 Å². The van der Waals surface area contributed by atoms with Crippen molar-refractivity contribution in [1.29, 1.82) is 0 Å². The van der Waals surface area contributed by atoms with Crippen LogP contribution in [0.15, 0.2) is 54.6 Å². The fourth-order valence-corrected chi connectivity index (χ4v) is 2.87. The predicted octanol–water partition coefficient (Wildman–Crippen LogP) is 4.53. The summed E-state index contributed by atoms with van der Waals surface area (Å²) in [4.78, 5) is 0. The maximum atomic E-state index is 5.95. The first kappa shape index (κ1) is 15.8. The van der Waals surface area contributed by atoms with E-state index < -0.39 is 0 Å². The Morgan fingerprint density at radius 3 is 2.33 bits per heavy atom. The Morgan fingerprint density at radius 2 is 1.62 bits per heavy atom. The molecule has 2 N–H and O–H groups in total. The van der Waals surface area contributed by atoms with E-state index in [4.69, 9.17) is 5.73 Å². The van der Waals surface area contributed by atoms with Crippen LogP contribution in [0.25, 0.3) is 0 Å². The first-order valence-electron chi connectivity index (χ1n) is 8.16. The Bertz CT molecular complexity index is 518. The maximum Gasteiger partial charge on any atom is 0.00795 e. The van der Waals surface area contributed by atoms with E-state index in [0.29, 0.717) is 6.04 Å². The molecule has 112 valence electrons. The topological polar surface area (TPSA) is 26.0 Å². The van der Waals surface area contributed by atoms with Crippen molar-refractivity contribution in [2.75, 3.05) is 0 Å². The van der Waals surface area contributed by atoms with Crippen LogP contribution in [0.3, 0.4) is 0 Å². The van der Waals surface area contributed by atoms with Crippen molar-refractivity contribution in [3.63, 3.8) is 0 Å². The summed E-state index contributed by atoms with van der Waals surface area (Å²) in [7, 11) is 0. The highest BCUT2D eigenvalue weighted by Gasteiger charge is 2.11. The molecule has 1 atom stereocenters. The van der Waals surface area contributed by atoms with Crippen LogP contribution in [0.1, 0.15) is 42.9 Å². The van der Waals surface area contributed by atoms with Gasteiger partial charge in [-0.25, -0.2) is 0 Å². The number of aryl methyl sites for hydroxylation is 2. The molecular weight excluding hydrogens is 254 g/mol. The monoisotopic (exact) mass is 281 g/mol. The van der Waals surface area contributed by atoms with Crippen molar-refractivity contribution in [2.24, 2.45) is 5.73 Å². The minimum atomic E-state index is 0.383. The zero-order valence-corrected chi connectivity index (χ0v) is 13.1. The Morgan fingerprint density at radius 1 is 0.952 bits per heavy atom. The lowest BCUT2D eigenvalue weighted by molar-refractivity contribution is 0.603. The van der Waals surface area contributed by atoms with Gasteiger partial charge in [-0.2, -0.15) is 0 Å². The zero-order valence-electron chi connectivity index (χ0n) is 13.1. The van der Waals surface area contributed by atoms with E-state index >= 15 is 0 Å². The van der Waals surface area contributed by atoms with Gasteiger partial charge in [0, 0.05) is 6.04 Å². The summed E-state index contributed by atoms with van der Waals surface area (Å²) in [5.74, 6) is 0. The Labute approximate surface area is 129 Å². The molecule has 1 aliphatic rings. The molecule has 2 aromatic rings. The first-order valence-corrected chi connectivity index (χ1v) is 8.16. The lowest BCUT2D eigenvalue weighted by atomic mass is 10.0. The average Bonchev–Trinajstić information content (AvgIpc) is 2.70. The second-order valence-corrected chi connectivity index (χ2v) is 5.86. The third kappa shape index (κ3) is 5.35. The van der Waals surface area contributed by atoms with Crippen molar-refractivity contribution >= 4 is 0 Å². The van der Waals surface area contributed by atoms with Gasteiger partial charge in [0.25, 0.3) is 0 Å². The van der Waals surface area contributed by atoms with Gasteiger partial charge in [0.15, 0.2) is 0 Å². The average molecular weight is 281 g/mol. The van der Waals surface area contributed by atoms with Crippen LogP contribution >= 0.6 is 0 Å². The van der Waals surface area contributed by atoms with E-state index in [0.717, 1.165) is 6.42 Å². The molecule has 1 nitrogen and oxygen atoms in total. The van der Waals surface area contributed by atoms with Crippen LogP contribution in [0.5, 0.6) is 0 Å². The molecular formula is C20H27N. The van der Waals surface area contributed by atoms with E-state index in [2.05, 4.69) is 61.5 Å². The summed E-state index contributed by atoms with van der Waals surface area (Å²) in [6.45, 7) is 2.20. The quantitative estimate of drug-likeness (QED) is 0.804. The van der Waals surface area contributed by atoms with Crippen LogP contribution in [-0.2, 0) is 19.3 Å². The molecule has 1 heteroatoms. The summed E-state index contributed by atoms with van der Waals surface area (Å²) >= 11 is 0. The number of rotatable bonds is 2. The molecule has 3 rings (SSSR count). The predicted molar refractivity (Wildman–Crippen MR) is 91.5 cm³/mol. The summed E-state index contributed by atoms with van der Waals surface area (Å²) in [5, 5.41) is 0. The van der Waals surface area contributed by atoms with Gasteiger partial charge in [-0.3, -0.25) is 0 Å². The van der Waals surface area contributed by atoms with E-state index in [1.807, 2.05) is 0 Å². The third-order valence-corrected chi connectivity index (χ3v) is 4.00. The highest BCUT2D eigenvalue weighted by Crippen LogP contribution is 2.19. The minimum Gasteiger partial charge on any atom is -0.327 e. The van der Waals surface area contributed by atoms with Gasteiger partial charge in [-0.05, 0) is 48.8 Å². The van der Waals surface area contributed by atoms with Crippen LogP contribution in [0, 0.1) is 0 Å². The van der Waals surface area contributed by atoms with Crippen LogP contribution in [0.2, 0.25) is 0 Å². The van der Waals surface area contributed by atoms with E-state index in [1.165, 1.54) is 48.8 Å². The normalized spacial score (nSPS) is 17.1. The summed E-state index contributed by atoms with van der Waals surface area (Å²) in [5.41, 5.74) is 10.4. The van der Waals surface area contributed by atoms with Crippen molar-refractivity contribution in [1.82, 2.24) is 0 Å². The highest BCUT2D eigenvalue weighted by atomic mass is 14.6. The van der Waals surface area contributed by atoms with Gasteiger partial charge in [0.1, 0.15) is 0 Å². The zero-order chi connectivity index (χ0) is 14.9. The molecule has 0 fully saturated rings. The molecule has 0 saturated heterocycles. The number of hydrogen-bond donors (Lipinski definition) is 1. The van der Waals surface area contributed by atoms with Gasteiger partial charge in [-0.1, -0.05) is 67.9 Å². The molecule has 1 aliphatic carbocycles. The molecule has 0 bridgehead atoms. The number of hydrogen-bond acceptors (Lipinski definition) is 1. The molecule has 0 amide bonds. The van der Waals surface area contributed by atoms with Gasteiger partial charge in [-0.15, -0.1) is 0 Å². The summed E-state index contributed by atoms with van der Waals surface area (Å²) < 4.78 is 0. The maximum absolute atomic E-state index is 5.95. The van der Waals surface area contributed by atoms with Gasteiger partial charge < -0.3 is 5.73 Å². The fourth-order valence-electron chi connectivity index (χ4n) is 2.87. The molecule has 21 heavy (non-hydrogen) atoms. The number of fused-ring (bicyclic) bond motifs is 1. The van der Waals surface area contributed by atoms with Crippen molar-refractivity contribution < 1.29 is 0 Å². The van der Waals surface area contributed by atoms with Crippen molar-refractivity contribution in [2.45, 2.75) is 51.5 Å². The SMILES string of the molecule is CCCc1ccccc1.NC1CCCc2ccccc2C1. The number of benzene rings is 2. The number of nitrogens with two attached hydrogens (primary N) is 1. The lowest BCUT2D eigenvalue weighted by Crippen LogP contribution is -2.21. The molecule has 0 radical (unpaired) electrons. The Hall–Kier alpha value is -1.60. The van der Waals surface area contributed by atoms with E-state index in [1.54, 1.807) is 0 Å². The fraction of sp³-hybridized carbons (Fsp3) is 0.400. The molecule has 0 saturated carbocycles. The molecule has 0 aliphatic heterocycles. The Balaban J connectivity index is 0.000000161. The van der Waals surface area contributed by atoms with Crippen LogP contribution in [0.4, 0.5) is 0 Å². The van der Waals surface area contributed by atoms with Crippen LogP contribution in [-0.4, -0.2) is 6.04 Å². The van der Waals surface area contributed by atoms with Gasteiger partial charge >= 0.3 is 0 Å². The van der Waals surface area contributed by atoms with E-state index in [9.17, 15) is 0 Å². The summed E-state index contributed by atoms with van der Waals surface area (Å²) in [6, 6.07) is 19.6. The largest absolute Gasteiger partial charge is 0.327 e. The van der Waals surface area contributed by atoms with E-state index in [-0.39, 0.29) is 0 Å². The molecule has 0 aromatic heterocycles. The summed E-state index contributed by atoms with van der Waals surface area (Å²) in [6.07, 6.45) is 7.15. The van der Waals surface area contributed by atoms with Crippen molar-refractivity contribution in [3.8, 4) is 0 Å². The highest BCUT2D eigenvalue weighted by molar-refractivity contribution is 5.28. The molecule has 2 aromatic carbocycles. The van der Waals surface area contributed by atoms with Crippen molar-refractivity contribution in [3.05, 3.63) is 71.3 Å². The third-order valence-electron chi connectivity index (χ3n) is 4.00. The Kier molecular flexibility index (Phi) is 6.49. The van der Waals surface area contributed by atoms with Crippen LogP contribution < -0.4 is 5.73 Å². The smallest absolute Gasteiger partial charge is 0.00795 e. The molecule has 0 heterocycles. The molecule has 0 spiro atoms. The lowest BCUT2D eigenvalue weighted by Gasteiger charge is -2.07. The second kappa shape index (κ2) is 8.63. The standard InChI is InChI=1S/C11H15N.C9H12/c12-11-7-3-6-9-4-1-2-5-10(9)8-11;1-2-6-9-7-4-3-5-8-9/h1-2,4-5,11H,3,6-8,12H2;3-5,7-8H,2,6H2,1H3. The first-order chi connectivity index (χ1) is 10.3. The minimum absolute atomic E-state index is 0.383. The van der Waals surface area contributed by atoms with Gasteiger partial charge in [0.05, 0.1) is 0 Å². The second-order valence-electron chi connectivity index (χ2n) is 5.86.